The Morgan fingerprint density at radius 3 is 1.74 bits per heavy atom. The van der Waals surface area contributed by atoms with E-state index in [2.05, 4.69) is 84.0 Å². The molecule has 3 heteroatoms. The Bertz CT molecular complexity index is 625. The topological polar surface area (TPSA) is 0 Å². The van der Waals surface area contributed by atoms with E-state index in [1.165, 1.54) is 16.4 Å². The summed E-state index contributed by atoms with van der Waals surface area (Å²) in [6.45, 7) is 14.0. The molecule has 0 N–H and O–H groups in total. The third-order valence-electron chi connectivity index (χ3n) is 3.64. The predicted molar refractivity (Wildman–Crippen MR) is 103 cm³/mol. The van der Waals surface area contributed by atoms with Crippen molar-refractivity contribution in [1.82, 2.24) is 0 Å². The fourth-order valence-corrected chi connectivity index (χ4v) is 7.79. The molecule has 0 unspecified atom stereocenters. The number of benzene rings is 2. The van der Waals surface area contributed by atoms with Gasteiger partial charge in [0, 0.05) is 10.3 Å². The Morgan fingerprint density at radius 2 is 1.26 bits per heavy atom. The zero-order chi connectivity index (χ0) is 16.5. The van der Waals surface area contributed by atoms with Crippen molar-refractivity contribution in [2.75, 3.05) is 0 Å². The van der Waals surface area contributed by atoms with Crippen LogP contribution in [0.3, 0.4) is 0 Å². The standard InChI is InChI=1S/C20H26ClP.Au/c1-19(2,3)22(20(4,5)6)18-16(13-10-14-17(18)21)15-11-8-7-9-12-15;/h7-14H,1-6H3;/q;+1. The maximum absolute atomic E-state index is 6.70. The molecule has 0 amide bonds. The molecule has 0 radical (unpaired) electrons. The van der Waals surface area contributed by atoms with Crippen molar-refractivity contribution in [3.8, 4) is 11.1 Å². The largest absolute Gasteiger partial charge is 1.00 e. The minimum atomic E-state index is -0.435. The zero-order valence-corrected chi connectivity index (χ0v) is 18.6. The van der Waals surface area contributed by atoms with E-state index in [0.29, 0.717) is 0 Å². The average molecular weight is 530 g/mol. The molecule has 0 aromatic heterocycles. The van der Waals surface area contributed by atoms with Gasteiger partial charge in [0.1, 0.15) is 0 Å². The molecule has 0 saturated carbocycles. The Hall–Kier alpha value is -0.0997. The molecule has 0 heterocycles. The predicted octanol–water partition coefficient (Wildman–Crippen LogP) is 6.71. The molecule has 2 aromatic rings. The summed E-state index contributed by atoms with van der Waals surface area (Å²) in [5.41, 5.74) is 2.53. The molecule has 2 aromatic carbocycles. The maximum atomic E-state index is 6.70. The molecule has 0 spiro atoms. The monoisotopic (exact) mass is 529 g/mol. The number of rotatable bonds is 2. The van der Waals surface area contributed by atoms with Crippen molar-refractivity contribution in [2.24, 2.45) is 0 Å². The van der Waals surface area contributed by atoms with Crippen LogP contribution >= 0.6 is 19.5 Å². The molecule has 23 heavy (non-hydrogen) atoms. The average Bonchev–Trinajstić information content (AvgIpc) is 2.39. The van der Waals surface area contributed by atoms with Crippen LogP contribution in [0.2, 0.25) is 5.02 Å². The molecule has 0 bridgehead atoms. The van der Waals surface area contributed by atoms with Gasteiger partial charge in [-0.25, -0.2) is 0 Å². The van der Waals surface area contributed by atoms with E-state index in [-0.39, 0.29) is 32.7 Å². The molecule has 0 aliphatic rings. The second kappa shape index (κ2) is 7.85. The van der Waals surface area contributed by atoms with Crippen LogP contribution < -0.4 is 5.30 Å². The van der Waals surface area contributed by atoms with Gasteiger partial charge in [-0.2, -0.15) is 0 Å². The number of halogens is 1. The summed E-state index contributed by atoms with van der Waals surface area (Å²) in [6.07, 6.45) is 0. The van der Waals surface area contributed by atoms with Gasteiger partial charge in [-0.1, -0.05) is 104 Å². The van der Waals surface area contributed by atoms with E-state index in [1.807, 2.05) is 6.07 Å². The zero-order valence-electron chi connectivity index (χ0n) is 14.7. The molecule has 0 nitrogen and oxygen atoms in total. The van der Waals surface area contributed by atoms with Crippen LogP contribution in [0.5, 0.6) is 0 Å². The summed E-state index contributed by atoms with van der Waals surface area (Å²) in [6, 6.07) is 16.9. The van der Waals surface area contributed by atoms with Crippen molar-refractivity contribution in [1.29, 1.82) is 0 Å². The molecular weight excluding hydrogens is 504 g/mol. The van der Waals surface area contributed by atoms with E-state index >= 15 is 0 Å². The van der Waals surface area contributed by atoms with E-state index in [4.69, 9.17) is 11.6 Å². The molecule has 0 aliphatic heterocycles. The molecule has 0 saturated heterocycles. The van der Waals surface area contributed by atoms with Gasteiger partial charge in [-0.15, -0.1) is 0 Å². The Morgan fingerprint density at radius 1 is 0.739 bits per heavy atom. The summed E-state index contributed by atoms with van der Waals surface area (Å²) >= 11 is 6.70. The molecule has 2 rings (SSSR count). The van der Waals surface area contributed by atoms with Crippen LogP contribution in [-0.4, -0.2) is 10.3 Å². The Labute approximate surface area is 163 Å². The van der Waals surface area contributed by atoms with Crippen LogP contribution in [0.15, 0.2) is 48.5 Å². The van der Waals surface area contributed by atoms with Gasteiger partial charge in [0.2, 0.25) is 0 Å². The first-order valence-corrected chi connectivity index (χ1v) is 9.48. The van der Waals surface area contributed by atoms with Gasteiger partial charge in [-0.3, -0.25) is 0 Å². The molecule has 0 aliphatic carbocycles. The Kier molecular flexibility index (Phi) is 7.15. The summed E-state index contributed by atoms with van der Waals surface area (Å²) in [7, 11) is -0.435. The van der Waals surface area contributed by atoms with Crippen LogP contribution in [0, 0.1) is 0 Å². The van der Waals surface area contributed by atoms with Crippen molar-refractivity contribution in [3.63, 3.8) is 0 Å². The van der Waals surface area contributed by atoms with Crippen molar-refractivity contribution in [3.05, 3.63) is 53.6 Å². The second-order valence-corrected chi connectivity index (χ2v) is 11.9. The fraction of sp³-hybridized carbons (Fsp3) is 0.400. The van der Waals surface area contributed by atoms with E-state index < -0.39 is 7.92 Å². The molecular formula is C20H26AuClP+. The van der Waals surface area contributed by atoms with Gasteiger partial charge in [0.15, 0.2) is 0 Å². The molecule has 0 fully saturated rings. The van der Waals surface area contributed by atoms with Gasteiger partial charge in [-0.05, 0) is 27.5 Å². The normalized spacial score (nSPS) is 12.2. The van der Waals surface area contributed by atoms with Gasteiger partial charge in [0.25, 0.3) is 0 Å². The van der Waals surface area contributed by atoms with Crippen molar-refractivity contribution in [2.45, 2.75) is 51.9 Å². The first kappa shape index (κ1) is 20.9. The van der Waals surface area contributed by atoms with Crippen LogP contribution in [0.4, 0.5) is 0 Å². The van der Waals surface area contributed by atoms with Crippen LogP contribution in [-0.2, 0) is 22.4 Å². The van der Waals surface area contributed by atoms with E-state index in [0.717, 1.165) is 5.02 Å². The Balaban J connectivity index is 0.00000264. The minimum absolute atomic E-state index is 0. The molecule has 128 valence electrons. The smallest absolute Gasteiger partial charge is 0.0836 e. The van der Waals surface area contributed by atoms with Crippen LogP contribution in [0.25, 0.3) is 11.1 Å². The minimum Gasteiger partial charge on any atom is -0.0836 e. The van der Waals surface area contributed by atoms with E-state index in [1.54, 1.807) is 0 Å². The molecule has 0 atom stereocenters. The third kappa shape index (κ3) is 4.94. The maximum Gasteiger partial charge on any atom is 1.00 e. The van der Waals surface area contributed by atoms with Gasteiger partial charge in [0.05, 0.1) is 0 Å². The SMILES string of the molecule is CC(C)(C)P(c1c(Cl)cccc1-c1ccccc1)C(C)(C)C.[Au+]. The summed E-state index contributed by atoms with van der Waals surface area (Å²) in [4.78, 5) is 0. The van der Waals surface area contributed by atoms with E-state index in [9.17, 15) is 0 Å². The summed E-state index contributed by atoms with van der Waals surface area (Å²) in [5.74, 6) is 0. The first-order chi connectivity index (χ1) is 10.1. The van der Waals surface area contributed by atoms with Gasteiger partial charge >= 0.3 is 22.4 Å². The summed E-state index contributed by atoms with van der Waals surface area (Å²) < 4.78 is 0. The third-order valence-corrected chi connectivity index (χ3v) is 7.70. The first-order valence-electron chi connectivity index (χ1n) is 7.76. The van der Waals surface area contributed by atoms with Crippen molar-refractivity contribution >= 4 is 24.8 Å². The van der Waals surface area contributed by atoms with Crippen molar-refractivity contribution < 1.29 is 22.4 Å². The van der Waals surface area contributed by atoms with Gasteiger partial charge < -0.3 is 0 Å². The second-order valence-electron chi connectivity index (χ2n) is 7.68. The fourth-order valence-electron chi connectivity index (χ4n) is 3.27. The number of hydrogen-bond donors (Lipinski definition) is 0. The van der Waals surface area contributed by atoms with Crippen LogP contribution in [0.1, 0.15) is 41.5 Å². The number of hydrogen-bond acceptors (Lipinski definition) is 0. The quantitative estimate of drug-likeness (QED) is 0.300. The summed E-state index contributed by atoms with van der Waals surface area (Å²) in [5, 5.41) is 2.63.